The Labute approximate surface area is 245 Å². The molecule has 13 heteroatoms. The van der Waals surface area contributed by atoms with Crippen LogP contribution in [-0.4, -0.2) is 45.8 Å². The highest BCUT2D eigenvalue weighted by molar-refractivity contribution is 7.99. The number of hydrogen-bond donors (Lipinski definition) is 5. The molecule has 1 aromatic heterocycles. The largest absolute Gasteiger partial charge is 0.423 e. The minimum Gasteiger partial charge on any atom is -0.330 e. The van der Waals surface area contributed by atoms with E-state index in [1.807, 2.05) is 6.08 Å². The van der Waals surface area contributed by atoms with Crippen molar-refractivity contribution in [2.24, 2.45) is 24.2 Å². The van der Waals surface area contributed by atoms with Crippen molar-refractivity contribution in [1.82, 2.24) is 9.78 Å². The molecule has 1 aliphatic carbocycles. The second-order valence-electron chi connectivity index (χ2n) is 9.74. The second kappa shape index (κ2) is 12.9. The van der Waals surface area contributed by atoms with Crippen LogP contribution in [0, 0.1) is 0 Å². The number of halogens is 3. The monoisotopic (exact) mass is 599 g/mol. The van der Waals surface area contributed by atoms with Gasteiger partial charge >= 0.3 is 6.18 Å². The van der Waals surface area contributed by atoms with Crippen molar-refractivity contribution in [3.63, 3.8) is 0 Å². The third-order valence-electron chi connectivity index (χ3n) is 6.65. The van der Waals surface area contributed by atoms with Crippen molar-refractivity contribution in [1.29, 1.82) is 0 Å². The lowest BCUT2D eigenvalue weighted by Crippen LogP contribution is -2.57. The molecule has 0 aliphatic heterocycles. The number of carbonyl (C=O) groups is 2. The average molecular weight is 600 g/mol. The standard InChI is InChI=1S/C29H32F3N7O2S/c1-39-25(37-26(40)19-6-4-7-21(15-19)28(34,35)29(30,31)32)16-24(38-39)18-9-11-22(12-10-18)36-27(41)23-8-3-2-5-20(23)17-42-14-13-33/h4-12,15-16H,2-3,13-14,17,33-35H2,1H3,(H,36,41)(H,37,40). The summed E-state index contributed by atoms with van der Waals surface area (Å²) in [6.07, 6.45) is 0.866. The van der Waals surface area contributed by atoms with Crippen molar-refractivity contribution in [3.05, 3.63) is 89.0 Å². The molecule has 9 nitrogen and oxygen atoms in total. The van der Waals surface area contributed by atoms with E-state index in [4.69, 9.17) is 17.2 Å². The smallest absolute Gasteiger partial charge is 0.330 e. The molecule has 0 bridgehead atoms. The van der Waals surface area contributed by atoms with Gasteiger partial charge in [-0.3, -0.25) is 14.3 Å². The number of allylic oxidation sites excluding steroid dienone is 2. The maximum atomic E-state index is 13.3. The zero-order chi connectivity index (χ0) is 30.5. The zero-order valence-corrected chi connectivity index (χ0v) is 23.7. The molecule has 0 saturated heterocycles. The summed E-state index contributed by atoms with van der Waals surface area (Å²) in [6.45, 7) is 0.586. The Hall–Kier alpha value is -3.91. The molecule has 0 radical (unpaired) electrons. The quantitative estimate of drug-likeness (QED) is 0.172. The molecular weight excluding hydrogens is 567 g/mol. The van der Waals surface area contributed by atoms with Crippen LogP contribution in [0.3, 0.4) is 0 Å². The van der Waals surface area contributed by atoms with Crippen LogP contribution >= 0.6 is 11.8 Å². The van der Waals surface area contributed by atoms with Gasteiger partial charge in [0.05, 0.1) is 5.69 Å². The lowest BCUT2D eigenvalue weighted by Gasteiger charge is -2.28. The first-order chi connectivity index (χ1) is 19.9. The molecule has 0 atom stereocenters. The van der Waals surface area contributed by atoms with Gasteiger partial charge in [0.15, 0.2) is 5.66 Å². The minimum atomic E-state index is -4.91. The summed E-state index contributed by atoms with van der Waals surface area (Å²) < 4.78 is 41.2. The van der Waals surface area contributed by atoms with E-state index in [1.165, 1.54) is 16.8 Å². The molecule has 1 aliphatic rings. The van der Waals surface area contributed by atoms with Gasteiger partial charge in [-0.15, -0.1) is 0 Å². The summed E-state index contributed by atoms with van der Waals surface area (Å²) >= 11 is 1.69. The van der Waals surface area contributed by atoms with Crippen LogP contribution in [0.15, 0.2) is 77.9 Å². The number of thioether (sulfide) groups is 1. The number of anilines is 2. The predicted octanol–water partition coefficient (Wildman–Crippen LogP) is 4.25. The zero-order valence-electron chi connectivity index (χ0n) is 22.9. The third kappa shape index (κ3) is 7.10. The van der Waals surface area contributed by atoms with Gasteiger partial charge in [-0.2, -0.15) is 30.0 Å². The maximum absolute atomic E-state index is 13.3. The van der Waals surface area contributed by atoms with Crippen LogP contribution in [0.4, 0.5) is 24.7 Å². The van der Waals surface area contributed by atoms with E-state index in [-0.39, 0.29) is 11.5 Å². The van der Waals surface area contributed by atoms with Crippen LogP contribution in [0.5, 0.6) is 0 Å². The number of alkyl halides is 3. The van der Waals surface area contributed by atoms with Crippen LogP contribution in [-0.2, 0) is 17.5 Å². The molecule has 2 aromatic carbocycles. The summed E-state index contributed by atoms with van der Waals surface area (Å²) in [7, 11) is 1.62. The van der Waals surface area contributed by atoms with E-state index in [2.05, 4.69) is 21.8 Å². The lowest BCUT2D eigenvalue weighted by molar-refractivity contribution is -0.188. The SMILES string of the molecule is Cn1nc(-c2ccc(NC(=O)C3=CCCC=C3CSCCN)cc2)cc1NC(=O)c1cccc(C(N)(N)C(F)(F)F)c1. The number of aromatic nitrogens is 2. The molecule has 3 aromatic rings. The average Bonchev–Trinajstić information content (AvgIpc) is 3.33. The number of benzene rings is 2. The number of hydrogen-bond acceptors (Lipinski definition) is 7. The molecule has 2 amide bonds. The summed E-state index contributed by atoms with van der Waals surface area (Å²) in [5, 5.41) is 10.0. The van der Waals surface area contributed by atoms with Crippen LogP contribution in [0.1, 0.15) is 28.8 Å². The van der Waals surface area contributed by atoms with E-state index in [1.54, 1.807) is 49.1 Å². The van der Waals surface area contributed by atoms with Gasteiger partial charge in [0.25, 0.3) is 11.8 Å². The fraction of sp³-hybridized carbons (Fsp3) is 0.276. The summed E-state index contributed by atoms with van der Waals surface area (Å²) in [6, 6.07) is 13.5. The molecule has 0 saturated carbocycles. The van der Waals surface area contributed by atoms with Gasteiger partial charge < -0.3 is 27.8 Å². The van der Waals surface area contributed by atoms with Crippen molar-refractivity contribution >= 4 is 35.1 Å². The van der Waals surface area contributed by atoms with Gasteiger partial charge in [0, 0.05) is 53.6 Å². The molecule has 0 fully saturated rings. The van der Waals surface area contributed by atoms with E-state index >= 15 is 0 Å². The van der Waals surface area contributed by atoms with Crippen molar-refractivity contribution in [2.75, 3.05) is 28.7 Å². The lowest BCUT2D eigenvalue weighted by atomic mass is 9.98. The first-order valence-electron chi connectivity index (χ1n) is 13.1. The number of nitrogens with one attached hydrogen (secondary N) is 2. The Morgan fingerprint density at radius 3 is 2.40 bits per heavy atom. The van der Waals surface area contributed by atoms with E-state index < -0.39 is 23.3 Å². The van der Waals surface area contributed by atoms with Crippen LogP contribution < -0.4 is 27.8 Å². The Kier molecular flexibility index (Phi) is 9.57. The molecule has 222 valence electrons. The predicted molar refractivity (Wildman–Crippen MR) is 160 cm³/mol. The first kappa shape index (κ1) is 31.0. The molecule has 42 heavy (non-hydrogen) atoms. The fourth-order valence-corrected chi connectivity index (χ4v) is 5.09. The summed E-state index contributed by atoms with van der Waals surface area (Å²) in [5.74, 6) is 1.04. The van der Waals surface area contributed by atoms with Gasteiger partial charge in [0.2, 0.25) is 0 Å². The normalized spacial score (nSPS) is 13.8. The number of carbonyl (C=O) groups excluding carboxylic acids is 2. The van der Waals surface area contributed by atoms with E-state index in [0.717, 1.165) is 47.6 Å². The van der Waals surface area contributed by atoms with Gasteiger partial charge in [-0.1, -0.05) is 36.4 Å². The molecule has 8 N–H and O–H groups in total. The van der Waals surface area contributed by atoms with Crippen LogP contribution in [0.2, 0.25) is 0 Å². The Balaban J connectivity index is 1.43. The van der Waals surface area contributed by atoms with Gasteiger partial charge in [-0.05, 0) is 48.2 Å². The van der Waals surface area contributed by atoms with Crippen LogP contribution in [0.25, 0.3) is 11.3 Å². The highest BCUT2D eigenvalue weighted by atomic mass is 32.2. The number of aryl methyl sites for hydroxylation is 1. The Bertz CT molecular complexity index is 1510. The summed E-state index contributed by atoms with van der Waals surface area (Å²) in [5.41, 5.74) is 16.1. The molecule has 4 rings (SSSR count). The maximum Gasteiger partial charge on any atom is 0.423 e. The highest BCUT2D eigenvalue weighted by Gasteiger charge is 2.50. The Morgan fingerprint density at radius 2 is 1.71 bits per heavy atom. The van der Waals surface area contributed by atoms with Gasteiger partial charge in [-0.25, -0.2) is 0 Å². The second-order valence-corrected chi connectivity index (χ2v) is 10.8. The Morgan fingerprint density at radius 1 is 1.00 bits per heavy atom. The minimum absolute atomic E-state index is 0.0519. The van der Waals surface area contributed by atoms with E-state index in [9.17, 15) is 22.8 Å². The topological polar surface area (TPSA) is 154 Å². The number of rotatable bonds is 10. The number of amides is 2. The molecule has 0 unspecified atom stereocenters. The molecule has 1 heterocycles. The fourth-order valence-electron chi connectivity index (χ4n) is 4.28. The van der Waals surface area contributed by atoms with Crippen molar-refractivity contribution < 1.29 is 22.8 Å². The first-order valence-corrected chi connectivity index (χ1v) is 14.3. The number of nitrogens with two attached hydrogens (primary N) is 3. The summed E-state index contributed by atoms with van der Waals surface area (Å²) in [4.78, 5) is 25.8. The van der Waals surface area contributed by atoms with Crippen molar-refractivity contribution in [2.45, 2.75) is 24.7 Å². The molecule has 0 spiro atoms. The highest BCUT2D eigenvalue weighted by Crippen LogP contribution is 2.33. The van der Waals surface area contributed by atoms with Crippen molar-refractivity contribution in [3.8, 4) is 11.3 Å². The van der Waals surface area contributed by atoms with E-state index in [0.29, 0.717) is 29.3 Å². The molecular formula is C29H32F3N7O2S. The number of nitrogens with zero attached hydrogens (tertiary/aromatic N) is 2. The third-order valence-corrected chi connectivity index (χ3v) is 7.69. The van der Waals surface area contributed by atoms with Gasteiger partial charge in [0.1, 0.15) is 5.82 Å².